The van der Waals surface area contributed by atoms with Gasteiger partial charge in [0.05, 0.1) is 4.88 Å². The van der Waals surface area contributed by atoms with Crippen LogP contribution in [-0.4, -0.2) is 0 Å². The molecular formula is C12H10Br2OS. The van der Waals surface area contributed by atoms with Crippen molar-refractivity contribution in [2.45, 2.75) is 11.9 Å². The summed E-state index contributed by atoms with van der Waals surface area (Å²) in [6, 6.07) is 10.2. The van der Waals surface area contributed by atoms with Crippen LogP contribution in [0.2, 0.25) is 0 Å². The molecule has 1 heterocycles. The van der Waals surface area contributed by atoms with E-state index in [-0.39, 0.29) is 0 Å². The molecule has 0 unspecified atom stereocenters. The van der Waals surface area contributed by atoms with Crippen molar-refractivity contribution in [2.24, 2.45) is 0 Å². The lowest BCUT2D eigenvalue weighted by atomic mass is 10.2. The van der Waals surface area contributed by atoms with Crippen LogP contribution in [0.1, 0.15) is 10.4 Å². The topological polar surface area (TPSA) is 9.23 Å². The van der Waals surface area contributed by atoms with E-state index in [0.29, 0.717) is 6.61 Å². The van der Waals surface area contributed by atoms with Crippen LogP contribution in [0.4, 0.5) is 0 Å². The zero-order valence-corrected chi connectivity index (χ0v) is 12.4. The summed E-state index contributed by atoms with van der Waals surface area (Å²) in [5, 5.41) is 2.91. The smallest absolute Gasteiger partial charge is 0.124 e. The van der Waals surface area contributed by atoms with Crippen molar-refractivity contribution >= 4 is 43.2 Å². The highest BCUT2D eigenvalue weighted by atomic mass is 79.9. The molecule has 0 aliphatic heterocycles. The second kappa shape index (κ2) is 5.84. The van der Waals surface area contributed by atoms with E-state index in [1.165, 1.54) is 10.4 Å². The number of halogens is 2. The molecular weight excluding hydrogens is 352 g/mol. The molecule has 0 N–H and O–H groups in total. The molecule has 2 aromatic rings. The van der Waals surface area contributed by atoms with Gasteiger partial charge < -0.3 is 4.74 Å². The summed E-state index contributed by atoms with van der Waals surface area (Å²) in [4.78, 5) is 1.21. The second-order valence-corrected chi connectivity index (χ2v) is 5.68. The van der Waals surface area contributed by atoms with Gasteiger partial charge in [0.1, 0.15) is 12.4 Å². The molecule has 16 heavy (non-hydrogen) atoms. The van der Waals surface area contributed by atoms with E-state index in [1.54, 1.807) is 11.3 Å². The predicted octanol–water partition coefficient (Wildman–Crippen LogP) is 4.98. The van der Waals surface area contributed by atoms with Gasteiger partial charge in [-0.05, 0) is 45.1 Å². The van der Waals surface area contributed by atoms with E-state index in [9.17, 15) is 0 Å². The Kier molecular flexibility index (Phi) is 4.44. The average Bonchev–Trinajstić information content (AvgIpc) is 2.72. The van der Waals surface area contributed by atoms with E-state index < -0.39 is 0 Å². The largest absolute Gasteiger partial charge is 0.488 e. The summed E-state index contributed by atoms with van der Waals surface area (Å²) in [6.45, 7) is 0.615. The Bertz CT molecular complexity index is 468. The molecule has 0 amide bonds. The third-order valence-corrected chi connectivity index (χ3v) is 4.66. The first-order valence-corrected chi connectivity index (χ1v) is 7.58. The van der Waals surface area contributed by atoms with Crippen molar-refractivity contribution < 1.29 is 4.74 Å². The van der Waals surface area contributed by atoms with Gasteiger partial charge in [-0.25, -0.2) is 0 Å². The standard InChI is InChI=1S/C12H10Br2OS/c13-7-9-2-1-3-10(6-9)15-8-12-11(14)4-5-16-12/h1-6H,7-8H2. The molecule has 0 saturated heterocycles. The first kappa shape index (κ1) is 12.1. The molecule has 2 rings (SSSR count). The van der Waals surface area contributed by atoms with Gasteiger partial charge in [-0.2, -0.15) is 0 Å². The average molecular weight is 362 g/mol. The Morgan fingerprint density at radius 2 is 2.12 bits per heavy atom. The normalized spacial score (nSPS) is 10.4. The van der Waals surface area contributed by atoms with Gasteiger partial charge in [0.25, 0.3) is 0 Å². The predicted molar refractivity (Wildman–Crippen MR) is 75.4 cm³/mol. The van der Waals surface area contributed by atoms with Crippen LogP contribution >= 0.6 is 43.2 Å². The van der Waals surface area contributed by atoms with Crippen molar-refractivity contribution in [3.05, 3.63) is 50.6 Å². The molecule has 0 atom stereocenters. The number of benzene rings is 1. The molecule has 1 nitrogen and oxygen atoms in total. The molecule has 4 heteroatoms. The van der Waals surface area contributed by atoms with Crippen LogP contribution in [0.3, 0.4) is 0 Å². The second-order valence-electron chi connectivity index (χ2n) is 3.26. The van der Waals surface area contributed by atoms with Crippen LogP contribution < -0.4 is 4.74 Å². The minimum absolute atomic E-state index is 0.615. The van der Waals surface area contributed by atoms with E-state index in [0.717, 1.165) is 15.6 Å². The lowest BCUT2D eigenvalue weighted by molar-refractivity contribution is 0.309. The summed E-state index contributed by atoms with van der Waals surface area (Å²) in [5.74, 6) is 0.914. The number of rotatable bonds is 4. The highest BCUT2D eigenvalue weighted by Gasteiger charge is 2.02. The lowest BCUT2D eigenvalue weighted by Crippen LogP contribution is -1.93. The lowest BCUT2D eigenvalue weighted by Gasteiger charge is -2.06. The van der Waals surface area contributed by atoms with E-state index in [1.807, 2.05) is 18.2 Å². The van der Waals surface area contributed by atoms with E-state index in [2.05, 4.69) is 49.4 Å². The van der Waals surface area contributed by atoms with Gasteiger partial charge in [0.15, 0.2) is 0 Å². The zero-order valence-electron chi connectivity index (χ0n) is 8.45. The first-order valence-electron chi connectivity index (χ1n) is 4.79. The number of ether oxygens (including phenoxy) is 1. The Balaban J connectivity index is 2.02. The van der Waals surface area contributed by atoms with E-state index >= 15 is 0 Å². The SMILES string of the molecule is BrCc1cccc(OCc2sccc2Br)c1. The molecule has 0 bridgehead atoms. The van der Waals surface area contributed by atoms with Gasteiger partial charge in [-0.15, -0.1) is 11.3 Å². The van der Waals surface area contributed by atoms with Crippen molar-refractivity contribution in [3.8, 4) is 5.75 Å². The summed E-state index contributed by atoms with van der Waals surface area (Å²) < 4.78 is 6.85. The number of alkyl halides is 1. The Morgan fingerprint density at radius 3 is 2.81 bits per heavy atom. The van der Waals surface area contributed by atoms with Gasteiger partial charge in [0.2, 0.25) is 0 Å². The highest BCUT2D eigenvalue weighted by Crippen LogP contribution is 2.24. The van der Waals surface area contributed by atoms with Crippen molar-refractivity contribution in [1.29, 1.82) is 0 Å². The van der Waals surface area contributed by atoms with Crippen molar-refractivity contribution in [1.82, 2.24) is 0 Å². The third-order valence-electron chi connectivity index (χ3n) is 2.11. The number of thiophene rings is 1. The fourth-order valence-corrected chi connectivity index (χ4v) is 3.02. The summed E-state index contributed by atoms with van der Waals surface area (Å²) in [7, 11) is 0. The van der Waals surface area contributed by atoms with Crippen molar-refractivity contribution in [3.63, 3.8) is 0 Å². The summed E-state index contributed by atoms with van der Waals surface area (Å²) in [6.07, 6.45) is 0. The third kappa shape index (κ3) is 3.09. The highest BCUT2D eigenvalue weighted by molar-refractivity contribution is 9.10. The van der Waals surface area contributed by atoms with E-state index in [4.69, 9.17) is 4.74 Å². The van der Waals surface area contributed by atoms with Crippen LogP contribution in [0, 0.1) is 0 Å². The zero-order chi connectivity index (χ0) is 11.4. The van der Waals surface area contributed by atoms with Crippen LogP contribution in [0.5, 0.6) is 5.75 Å². The number of hydrogen-bond acceptors (Lipinski definition) is 2. The minimum Gasteiger partial charge on any atom is -0.488 e. The van der Waals surface area contributed by atoms with Gasteiger partial charge in [-0.1, -0.05) is 28.1 Å². The molecule has 0 saturated carbocycles. The molecule has 0 fully saturated rings. The molecule has 1 aromatic heterocycles. The van der Waals surface area contributed by atoms with Crippen LogP contribution in [-0.2, 0) is 11.9 Å². The number of hydrogen-bond donors (Lipinski definition) is 0. The van der Waals surface area contributed by atoms with Gasteiger partial charge >= 0.3 is 0 Å². The van der Waals surface area contributed by atoms with Crippen LogP contribution in [0.15, 0.2) is 40.2 Å². The monoisotopic (exact) mass is 360 g/mol. The van der Waals surface area contributed by atoms with Crippen molar-refractivity contribution in [2.75, 3.05) is 0 Å². The van der Waals surface area contributed by atoms with Gasteiger partial charge in [0, 0.05) is 9.80 Å². The molecule has 1 aromatic carbocycles. The fraction of sp³-hybridized carbons (Fsp3) is 0.167. The summed E-state index contributed by atoms with van der Waals surface area (Å²) in [5.41, 5.74) is 1.22. The van der Waals surface area contributed by atoms with Gasteiger partial charge in [-0.3, -0.25) is 0 Å². The molecule has 84 valence electrons. The molecule has 0 radical (unpaired) electrons. The molecule has 0 aliphatic carbocycles. The molecule has 0 aliphatic rings. The first-order chi connectivity index (χ1) is 7.79. The maximum atomic E-state index is 5.73. The maximum Gasteiger partial charge on any atom is 0.124 e. The Hall–Kier alpha value is -0.320. The quantitative estimate of drug-likeness (QED) is 0.697. The Morgan fingerprint density at radius 1 is 1.25 bits per heavy atom. The minimum atomic E-state index is 0.615. The summed E-state index contributed by atoms with van der Waals surface area (Å²) >= 11 is 8.62. The molecule has 0 spiro atoms. The maximum absolute atomic E-state index is 5.73. The Labute approximate surface area is 116 Å². The van der Waals surface area contributed by atoms with Crippen LogP contribution in [0.25, 0.3) is 0 Å². The fourth-order valence-electron chi connectivity index (χ4n) is 1.30.